The van der Waals surface area contributed by atoms with Crippen LogP contribution >= 0.6 is 27.7 Å². The molecule has 2 aromatic rings. The van der Waals surface area contributed by atoms with Crippen LogP contribution < -0.4 is 5.32 Å². The third kappa shape index (κ3) is 4.12. The summed E-state index contributed by atoms with van der Waals surface area (Å²) in [5, 5.41) is 3.68. The van der Waals surface area contributed by atoms with Crippen LogP contribution in [0.2, 0.25) is 0 Å². The SMILES string of the molecule is CSc1nc(C(C)C)nc(C)c1C(=O)Nc1ccc(Br)cc1C. The molecule has 1 heterocycles. The molecule has 0 aliphatic carbocycles. The molecule has 0 aliphatic rings. The molecule has 0 unspecified atom stereocenters. The molecular formula is C17H20BrN3OS. The number of aryl methyl sites for hydroxylation is 2. The highest BCUT2D eigenvalue weighted by molar-refractivity contribution is 9.10. The molecule has 0 radical (unpaired) electrons. The van der Waals surface area contributed by atoms with Gasteiger partial charge in [-0.05, 0) is 43.9 Å². The lowest BCUT2D eigenvalue weighted by atomic mass is 10.1. The van der Waals surface area contributed by atoms with Gasteiger partial charge >= 0.3 is 0 Å². The highest BCUT2D eigenvalue weighted by Crippen LogP contribution is 2.25. The zero-order chi connectivity index (χ0) is 17.1. The Bertz CT molecular complexity index is 747. The summed E-state index contributed by atoms with van der Waals surface area (Å²) in [6.45, 7) is 7.91. The molecule has 0 bridgehead atoms. The van der Waals surface area contributed by atoms with Crippen molar-refractivity contribution in [1.29, 1.82) is 0 Å². The summed E-state index contributed by atoms with van der Waals surface area (Å²) in [5.41, 5.74) is 3.04. The van der Waals surface area contributed by atoms with Crippen molar-refractivity contribution in [1.82, 2.24) is 9.97 Å². The second-order valence-electron chi connectivity index (χ2n) is 5.62. The van der Waals surface area contributed by atoms with Gasteiger partial charge < -0.3 is 5.32 Å². The average molecular weight is 394 g/mol. The molecule has 0 saturated heterocycles. The number of benzene rings is 1. The molecule has 122 valence electrons. The third-order valence-electron chi connectivity index (χ3n) is 3.45. The van der Waals surface area contributed by atoms with Gasteiger partial charge in [0.1, 0.15) is 10.9 Å². The number of amides is 1. The van der Waals surface area contributed by atoms with Crippen LogP contribution in [0.5, 0.6) is 0 Å². The van der Waals surface area contributed by atoms with Gasteiger partial charge in [0.05, 0.1) is 11.3 Å². The van der Waals surface area contributed by atoms with Crippen molar-refractivity contribution in [2.75, 3.05) is 11.6 Å². The highest BCUT2D eigenvalue weighted by atomic mass is 79.9. The highest BCUT2D eigenvalue weighted by Gasteiger charge is 2.20. The number of carbonyl (C=O) groups excluding carboxylic acids is 1. The molecule has 1 aromatic carbocycles. The predicted molar refractivity (Wildman–Crippen MR) is 99.5 cm³/mol. The van der Waals surface area contributed by atoms with Crippen LogP contribution in [0.1, 0.15) is 47.2 Å². The van der Waals surface area contributed by atoms with Crippen LogP contribution in [-0.2, 0) is 0 Å². The molecule has 23 heavy (non-hydrogen) atoms. The van der Waals surface area contributed by atoms with Crippen LogP contribution in [0, 0.1) is 13.8 Å². The summed E-state index contributed by atoms with van der Waals surface area (Å²) >= 11 is 4.89. The lowest BCUT2D eigenvalue weighted by Gasteiger charge is -2.14. The number of anilines is 1. The van der Waals surface area contributed by atoms with E-state index in [0.717, 1.165) is 21.5 Å². The first-order chi connectivity index (χ1) is 10.8. The maximum Gasteiger partial charge on any atom is 0.260 e. The van der Waals surface area contributed by atoms with Crippen molar-refractivity contribution >= 4 is 39.3 Å². The van der Waals surface area contributed by atoms with E-state index in [2.05, 4.69) is 31.2 Å². The van der Waals surface area contributed by atoms with E-state index in [1.807, 2.05) is 52.1 Å². The number of rotatable bonds is 4. The van der Waals surface area contributed by atoms with Gasteiger partial charge in [-0.2, -0.15) is 0 Å². The number of hydrogen-bond donors (Lipinski definition) is 1. The molecule has 2 rings (SSSR count). The number of nitrogens with zero attached hydrogens (tertiary/aromatic N) is 2. The van der Waals surface area contributed by atoms with Gasteiger partial charge in [-0.1, -0.05) is 29.8 Å². The second-order valence-corrected chi connectivity index (χ2v) is 7.33. The van der Waals surface area contributed by atoms with Gasteiger partial charge in [0, 0.05) is 16.1 Å². The second kappa shape index (κ2) is 7.45. The fourth-order valence-electron chi connectivity index (χ4n) is 2.19. The summed E-state index contributed by atoms with van der Waals surface area (Å²) in [5.74, 6) is 0.821. The molecule has 6 heteroatoms. The molecule has 1 aromatic heterocycles. The molecule has 0 spiro atoms. The van der Waals surface area contributed by atoms with E-state index in [-0.39, 0.29) is 11.8 Å². The first kappa shape index (κ1) is 17.9. The Balaban J connectivity index is 2.39. The first-order valence-electron chi connectivity index (χ1n) is 7.33. The Morgan fingerprint density at radius 2 is 1.96 bits per heavy atom. The van der Waals surface area contributed by atoms with Crippen molar-refractivity contribution in [2.45, 2.75) is 38.6 Å². The Hall–Kier alpha value is -1.40. The Kier molecular flexibility index (Phi) is 5.81. The summed E-state index contributed by atoms with van der Waals surface area (Å²) in [4.78, 5) is 21.7. The standard InChI is InChI=1S/C17H20BrN3OS/c1-9(2)15-19-11(4)14(17(21-15)23-5)16(22)20-13-7-6-12(18)8-10(13)3/h6-9H,1-5H3,(H,20,22). The van der Waals surface area contributed by atoms with Crippen LogP contribution in [0.4, 0.5) is 5.69 Å². The summed E-state index contributed by atoms with van der Waals surface area (Å²) in [6, 6.07) is 5.76. The Labute approximate surface area is 149 Å². The number of thioether (sulfide) groups is 1. The van der Waals surface area contributed by atoms with Crippen LogP contribution in [0.15, 0.2) is 27.7 Å². The van der Waals surface area contributed by atoms with E-state index in [1.165, 1.54) is 11.8 Å². The van der Waals surface area contributed by atoms with E-state index >= 15 is 0 Å². The molecule has 0 aliphatic heterocycles. The monoisotopic (exact) mass is 393 g/mol. The zero-order valence-electron chi connectivity index (χ0n) is 13.9. The van der Waals surface area contributed by atoms with Gasteiger partial charge in [0.2, 0.25) is 0 Å². The van der Waals surface area contributed by atoms with Crippen LogP contribution in [-0.4, -0.2) is 22.1 Å². The van der Waals surface area contributed by atoms with Crippen molar-refractivity contribution in [3.8, 4) is 0 Å². The Morgan fingerprint density at radius 1 is 1.26 bits per heavy atom. The van der Waals surface area contributed by atoms with E-state index < -0.39 is 0 Å². The third-order valence-corrected chi connectivity index (χ3v) is 4.62. The van der Waals surface area contributed by atoms with Crippen molar-refractivity contribution in [3.05, 3.63) is 45.3 Å². The van der Waals surface area contributed by atoms with Crippen LogP contribution in [0.25, 0.3) is 0 Å². The maximum absolute atomic E-state index is 12.7. The molecule has 0 saturated carbocycles. The van der Waals surface area contributed by atoms with E-state index in [4.69, 9.17) is 0 Å². The number of hydrogen-bond acceptors (Lipinski definition) is 4. The van der Waals surface area contributed by atoms with Crippen LogP contribution in [0.3, 0.4) is 0 Å². The van der Waals surface area contributed by atoms with Gasteiger partial charge in [-0.25, -0.2) is 9.97 Å². The molecular weight excluding hydrogens is 374 g/mol. The lowest BCUT2D eigenvalue weighted by molar-refractivity contribution is 0.102. The van der Waals surface area contributed by atoms with E-state index in [9.17, 15) is 4.79 Å². The van der Waals surface area contributed by atoms with Crippen molar-refractivity contribution in [2.24, 2.45) is 0 Å². The van der Waals surface area contributed by atoms with Gasteiger partial charge in [0.15, 0.2) is 0 Å². The van der Waals surface area contributed by atoms with Crippen molar-refractivity contribution in [3.63, 3.8) is 0 Å². The minimum absolute atomic E-state index is 0.174. The number of nitrogens with one attached hydrogen (secondary N) is 1. The van der Waals surface area contributed by atoms with Gasteiger partial charge in [-0.15, -0.1) is 11.8 Å². The molecule has 4 nitrogen and oxygen atoms in total. The predicted octanol–water partition coefficient (Wildman–Crippen LogP) is 4.95. The molecule has 1 amide bonds. The van der Waals surface area contributed by atoms with Gasteiger partial charge in [0.25, 0.3) is 5.91 Å². The van der Waals surface area contributed by atoms with E-state index in [1.54, 1.807) is 0 Å². The minimum atomic E-state index is -0.174. The molecule has 0 fully saturated rings. The largest absolute Gasteiger partial charge is 0.322 e. The summed E-state index contributed by atoms with van der Waals surface area (Å²) in [6.07, 6.45) is 1.92. The fourth-order valence-corrected chi connectivity index (χ4v) is 3.29. The summed E-state index contributed by atoms with van der Waals surface area (Å²) in [7, 11) is 0. The summed E-state index contributed by atoms with van der Waals surface area (Å²) < 4.78 is 0.985. The normalized spacial score (nSPS) is 10.9. The number of halogens is 1. The number of aromatic nitrogens is 2. The number of carbonyl (C=O) groups is 1. The van der Waals surface area contributed by atoms with Gasteiger partial charge in [-0.3, -0.25) is 4.79 Å². The quantitative estimate of drug-likeness (QED) is 0.589. The Morgan fingerprint density at radius 3 is 2.52 bits per heavy atom. The molecule has 0 atom stereocenters. The lowest BCUT2D eigenvalue weighted by Crippen LogP contribution is -2.18. The topological polar surface area (TPSA) is 54.9 Å². The zero-order valence-corrected chi connectivity index (χ0v) is 16.3. The average Bonchev–Trinajstić information content (AvgIpc) is 2.48. The molecule has 1 N–H and O–H groups in total. The maximum atomic E-state index is 12.7. The van der Waals surface area contributed by atoms with E-state index in [0.29, 0.717) is 16.3 Å². The van der Waals surface area contributed by atoms with Crippen molar-refractivity contribution < 1.29 is 4.79 Å². The minimum Gasteiger partial charge on any atom is -0.322 e. The first-order valence-corrected chi connectivity index (χ1v) is 9.35. The fraction of sp³-hybridized carbons (Fsp3) is 0.353. The smallest absolute Gasteiger partial charge is 0.260 e.